The first-order chi connectivity index (χ1) is 6.24. The van der Waals surface area contributed by atoms with Gasteiger partial charge in [-0.15, -0.1) is 11.6 Å². The van der Waals surface area contributed by atoms with Gasteiger partial charge in [0, 0.05) is 0 Å². The maximum absolute atomic E-state index is 10.9. The van der Waals surface area contributed by atoms with Crippen molar-refractivity contribution >= 4 is 17.6 Å². The zero-order valence-corrected chi connectivity index (χ0v) is 8.76. The summed E-state index contributed by atoms with van der Waals surface area (Å²) in [4.78, 5) is 10.9. The van der Waals surface area contributed by atoms with Crippen LogP contribution in [0.3, 0.4) is 0 Å². The molecular formula is C9H15ClO3. The highest BCUT2D eigenvalue weighted by atomic mass is 35.5. The van der Waals surface area contributed by atoms with Gasteiger partial charge in [-0.3, -0.25) is 4.79 Å². The van der Waals surface area contributed by atoms with Crippen LogP contribution in [0.2, 0.25) is 0 Å². The van der Waals surface area contributed by atoms with Crippen molar-refractivity contribution < 1.29 is 14.3 Å². The van der Waals surface area contributed by atoms with Crippen LogP contribution in [0.1, 0.15) is 20.3 Å². The summed E-state index contributed by atoms with van der Waals surface area (Å²) in [5, 5.41) is 0. The molecule has 0 heterocycles. The molecule has 76 valence electrons. The molecule has 0 bridgehead atoms. The number of allylic oxidation sites excluding steroid dienone is 1. The van der Waals surface area contributed by atoms with Gasteiger partial charge in [-0.25, -0.2) is 0 Å². The highest BCUT2D eigenvalue weighted by Gasteiger charge is 2.00. The molecule has 0 N–H and O–H groups in total. The van der Waals surface area contributed by atoms with E-state index in [9.17, 15) is 4.79 Å². The Kier molecular flexibility index (Phi) is 7.50. The monoisotopic (exact) mass is 206 g/mol. The number of ether oxygens (including phenoxy) is 2. The average Bonchev–Trinajstić information content (AvgIpc) is 2.12. The van der Waals surface area contributed by atoms with E-state index in [1.54, 1.807) is 13.0 Å². The smallest absolute Gasteiger partial charge is 0.309 e. The first-order valence-electron chi connectivity index (χ1n) is 4.28. The lowest BCUT2D eigenvalue weighted by molar-refractivity contribution is -0.142. The fourth-order valence-electron chi connectivity index (χ4n) is 0.755. The van der Waals surface area contributed by atoms with Crippen LogP contribution < -0.4 is 0 Å². The van der Waals surface area contributed by atoms with E-state index < -0.39 is 0 Å². The van der Waals surface area contributed by atoms with Gasteiger partial charge in [0.15, 0.2) is 0 Å². The molecule has 0 fully saturated rings. The summed E-state index contributed by atoms with van der Waals surface area (Å²) in [5.74, 6) is 0.648. The molecule has 13 heavy (non-hydrogen) atoms. The highest BCUT2D eigenvalue weighted by Crippen LogP contribution is 2.02. The van der Waals surface area contributed by atoms with Crippen LogP contribution in [-0.4, -0.2) is 25.1 Å². The molecule has 0 aliphatic rings. The summed E-state index contributed by atoms with van der Waals surface area (Å²) in [6.45, 7) is 4.59. The van der Waals surface area contributed by atoms with Crippen molar-refractivity contribution in [2.45, 2.75) is 20.3 Å². The van der Waals surface area contributed by atoms with Crippen LogP contribution in [0.25, 0.3) is 0 Å². The summed E-state index contributed by atoms with van der Waals surface area (Å²) in [6, 6.07) is 0. The molecule has 0 aromatic rings. The molecule has 4 heteroatoms. The Morgan fingerprint density at radius 3 is 2.38 bits per heavy atom. The Labute approximate surface area is 83.7 Å². The van der Waals surface area contributed by atoms with Gasteiger partial charge in [-0.2, -0.15) is 0 Å². The van der Waals surface area contributed by atoms with Crippen molar-refractivity contribution in [3.63, 3.8) is 0 Å². The fourth-order valence-corrected chi connectivity index (χ4v) is 0.941. The minimum absolute atomic E-state index is 0.218. The van der Waals surface area contributed by atoms with E-state index in [0.717, 1.165) is 0 Å². The van der Waals surface area contributed by atoms with Crippen LogP contribution in [0.4, 0.5) is 0 Å². The summed E-state index contributed by atoms with van der Waals surface area (Å²) >= 11 is 5.56. The molecule has 0 radical (unpaired) electrons. The van der Waals surface area contributed by atoms with Crippen molar-refractivity contribution in [1.29, 1.82) is 0 Å². The molecule has 0 saturated heterocycles. The molecule has 0 rings (SSSR count). The molecular weight excluding hydrogens is 192 g/mol. The predicted molar refractivity (Wildman–Crippen MR) is 51.7 cm³/mol. The number of hydrogen-bond donors (Lipinski definition) is 0. The Morgan fingerprint density at radius 1 is 1.31 bits per heavy atom. The maximum Gasteiger partial charge on any atom is 0.309 e. The van der Waals surface area contributed by atoms with Crippen molar-refractivity contribution in [1.82, 2.24) is 0 Å². The SMILES string of the molecule is CCOC(=O)C/C=C(\CCl)OCC. The second-order valence-corrected chi connectivity index (χ2v) is 2.51. The maximum atomic E-state index is 10.9. The molecule has 0 aliphatic carbocycles. The number of hydrogen-bond acceptors (Lipinski definition) is 3. The third-order valence-electron chi connectivity index (χ3n) is 1.26. The van der Waals surface area contributed by atoms with E-state index in [1.165, 1.54) is 0 Å². The van der Waals surface area contributed by atoms with Crippen LogP contribution in [0, 0.1) is 0 Å². The minimum atomic E-state index is -0.259. The minimum Gasteiger partial charge on any atom is -0.497 e. The van der Waals surface area contributed by atoms with Gasteiger partial charge in [0.1, 0.15) is 5.76 Å². The van der Waals surface area contributed by atoms with E-state index in [2.05, 4.69) is 0 Å². The number of esters is 1. The van der Waals surface area contributed by atoms with Crippen LogP contribution >= 0.6 is 11.6 Å². The summed E-state index contributed by atoms with van der Waals surface area (Å²) in [5.41, 5.74) is 0. The molecule has 0 amide bonds. The second kappa shape index (κ2) is 7.92. The Hall–Kier alpha value is -0.700. The molecule has 0 atom stereocenters. The van der Waals surface area contributed by atoms with Gasteiger partial charge in [0.05, 0.1) is 25.5 Å². The van der Waals surface area contributed by atoms with Gasteiger partial charge in [0.25, 0.3) is 0 Å². The van der Waals surface area contributed by atoms with Crippen molar-refractivity contribution in [2.24, 2.45) is 0 Å². The van der Waals surface area contributed by atoms with E-state index in [-0.39, 0.29) is 18.3 Å². The Bertz CT molecular complexity index is 178. The summed E-state index contributed by atoms with van der Waals surface area (Å²) < 4.78 is 9.87. The van der Waals surface area contributed by atoms with Gasteiger partial charge in [-0.05, 0) is 19.9 Å². The Balaban J connectivity index is 3.83. The lowest BCUT2D eigenvalue weighted by atomic mass is 10.3. The van der Waals surface area contributed by atoms with Crippen LogP contribution in [0.15, 0.2) is 11.8 Å². The van der Waals surface area contributed by atoms with Gasteiger partial charge in [-0.1, -0.05) is 0 Å². The number of rotatable bonds is 6. The van der Waals surface area contributed by atoms with Crippen LogP contribution in [-0.2, 0) is 14.3 Å². The highest BCUT2D eigenvalue weighted by molar-refractivity contribution is 6.19. The lowest BCUT2D eigenvalue weighted by Crippen LogP contribution is -2.03. The largest absolute Gasteiger partial charge is 0.497 e. The number of halogens is 1. The van der Waals surface area contributed by atoms with E-state index in [1.807, 2.05) is 6.92 Å². The third-order valence-corrected chi connectivity index (χ3v) is 1.53. The van der Waals surface area contributed by atoms with Gasteiger partial charge < -0.3 is 9.47 Å². The molecule has 3 nitrogen and oxygen atoms in total. The molecule has 0 saturated carbocycles. The number of carbonyl (C=O) groups excluding carboxylic acids is 1. The summed E-state index contributed by atoms with van der Waals surface area (Å²) in [6.07, 6.45) is 1.87. The molecule has 0 aromatic carbocycles. The first kappa shape index (κ1) is 12.3. The Morgan fingerprint density at radius 2 is 1.92 bits per heavy atom. The van der Waals surface area contributed by atoms with Crippen molar-refractivity contribution in [2.75, 3.05) is 19.1 Å². The molecule has 0 aliphatic heterocycles. The average molecular weight is 207 g/mol. The van der Waals surface area contributed by atoms with Crippen LogP contribution in [0.5, 0.6) is 0 Å². The van der Waals surface area contributed by atoms with Crippen molar-refractivity contribution in [3.8, 4) is 0 Å². The van der Waals surface area contributed by atoms with E-state index >= 15 is 0 Å². The number of alkyl halides is 1. The zero-order chi connectivity index (χ0) is 10.1. The van der Waals surface area contributed by atoms with E-state index in [0.29, 0.717) is 19.0 Å². The molecule has 0 spiro atoms. The molecule has 0 aromatic heterocycles. The second-order valence-electron chi connectivity index (χ2n) is 2.25. The third kappa shape index (κ3) is 6.46. The van der Waals surface area contributed by atoms with Crippen molar-refractivity contribution in [3.05, 3.63) is 11.8 Å². The predicted octanol–water partition coefficient (Wildman–Crippen LogP) is 2.10. The van der Waals surface area contributed by atoms with E-state index in [4.69, 9.17) is 21.1 Å². The number of carbonyl (C=O) groups is 1. The topological polar surface area (TPSA) is 35.5 Å². The quantitative estimate of drug-likeness (QED) is 0.379. The first-order valence-corrected chi connectivity index (χ1v) is 4.81. The van der Waals surface area contributed by atoms with Gasteiger partial charge in [0.2, 0.25) is 0 Å². The fraction of sp³-hybridized carbons (Fsp3) is 0.667. The normalized spacial score (nSPS) is 11.2. The summed E-state index contributed by atoms with van der Waals surface area (Å²) in [7, 11) is 0. The van der Waals surface area contributed by atoms with Gasteiger partial charge >= 0.3 is 5.97 Å². The lowest BCUT2D eigenvalue weighted by Gasteiger charge is -2.04. The standard InChI is InChI=1S/C9H15ClO3/c1-3-12-8(7-10)5-6-9(11)13-4-2/h5H,3-4,6-7H2,1-2H3/b8-5+. The zero-order valence-electron chi connectivity index (χ0n) is 8.01. The molecule has 0 unspecified atom stereocenters.